The summed E-state index contributed by atoms with van der Waals surface area (Å²) in [6.07, 6.45) is 6.54. The maximum atomic E-state index is 12.7. The van der Waals surface area contributed by atoms with Gasteiger partial charge in [0.1, 0.15) is 11.1 Å². The first-order chi connectivity index (χ1) is 18.5. The highest BCUT2D eigenvalue weighted by Gasteiger charge is 2.24. The molecule has 0 heterocycles. The number of hydrogen-bond donors (Lipinski definition) is 0. The molecule has 0 unspecified atom stereocenters. The Morgan fingerprint density at radius 2 is 1.08 bits per heavy atom. The number of benzene rings is 2. The van der Waals surface area contributed by atoms with E-state index in [0.29, 0.717) is 24.3 Å². The third-order valence-electron chi connectivity index (χ3n) is 5.75. The Hall–Kier alpha value is -3.50. The van der Waals surface area contributed by atoms with Gasteiger partial charge in [0.05, 0.1) is 28.4 Å². The first-order valence-corrected chi connectivity index (χ1v) is 12.7. The van der Waals surface area contributed by atoms with E-state index in [1.807, 2.05) is 0 Å². The molecule has 210 valence electrons. The Balaban J connectivity index is 2.04. The molecule has 38 heavy (non-hydrogen) atoms. The van der Waals surface area contributed by atoms with Crippen molar-refractivity contribution in [2.24, 2.45) is 0 Å². The molecule has 0 spiro atoms. The SMILES string of the molecule is CCCCCCCCCC(OOC(=O)c1cccc(OC)c1OC)OOC(=O)c1cccc(OC)c1OC. The molecule has 0 aliphatic rings. The third kappa shape index (κ3) is 9.11. The second-order valence-corrected chi connectivity index (χ2v) is 8.36. The number of para-hydroxylation sites is 2. The maximum absolute atomic E-state index is 12.7. The largest absolute Gasteiger partial charge is 0.493 e. The van der Waals surface area contributed by atoms with Crippen LogP contribution in [0.2, 0.25) is 0 Å². The highest BCUT2D eigenvalue weighted by Crippen LogP contribution is 2.32. The van der Waals surface area contributed by atoms with Gasteiger partial charge in [0, 0.05) is 6.42 Å². The standard InChI is InChI=1S/C28H38O10/c1-6-7-8-9-10-11-12-19-24(35-37-27(29)20-15-13-17-22(31-2)25(20)33-4)36-38-28(30)21-16-14-18-23(32-3)26(21)34-5/h13-18,24H,6-12,19H2,1-5H3. The Morgan fingerprint density at radius 3 is 1.50 bits per heavy atom. The van der Waals surface area contributed by atoms with Gasteiger partial charge in [-0.05, 0) is 30.7 Å². The number of ether oxygens (including phenoxy) is 4. The lowest BCUT2D eigenvalue weighted by molar-refractivity contribution is -0.421. The van der Waals surface area contributed by atoms with Crippen LogP contribution in [0, 0.1) is 0 Å². The van der Waals surface area contributed by atoms with Crippen molar-refractivity contribution in [3.8, 4) is 23.0 Å². The molecular formula is C28H38O10. The van der Waals surface area contributed by atoms with E-state index < -0.39 is 18.2 Å². The fraction of sp³-hybridized carbons (Fsp3) is 0.500. The first-order valence-electron chi connectivity index (χ1n) is 12.7. The molecule has 0 aromatic heterocycles. The third-order valence-corrected chi connectivity index (χ3v) is 5.75. The summed E-state index contributed by atoms with van der Waals surface area (Å²) in [6, 6.07) is 9.55. The number of hydrogen-bond acceptors (Lipinski definition) is 10. The summed E-state index contributed by atoms with van der Waals surface area (Å²) in [5, 5.41) is 0. The van der Waals surface area contributed by atoms with E-state index in [1.54, 1.807) is 24.3 Å². The number of rotatable bonds is 18. The van der Waals surface area contributed by atoms with Crippen molar-refractivity contribution in [3.63, 3.8) is 0 Å². The van der Waals surface area contributed by atoms with Gasteiger partial charge in [0.15, 0.2) is 23.0 Å². The molecule has 2 aromatic rings. The zero-order chi connectivity index (χ0) is 27.8. The number of methoxy groups -OCH3 is 4. The van der Waals surface area contributed by atoms with E-state index in [-0.39, 0.29) is 22.6 Å². The van der Waals surface area contributed by atoms with Gasteiger partial charge < -0.3 is 18.9 Å². The Morgan fingerprint density at radius 1 is 0.632 bits per heavy atom. The summed E-state index contributed by atoms with van der Waals surface area (Å²) in [5.74, 6) is -0.531. The average molecular weight is 535 g/mol. The molecule has 0 aliphatic carbocycles. The molecule has 2 rings (SSSR count). The van der Waals surface area contributed by atoms with Crippen molar-refractivity contribution >= 4 is 11.9 Å². The van der Waals surface area contributed by atoms with Crippen LogP contribution in [-0.2, 0) is 19.6 Å². The van der Waals surface area contributed by atoms with E-state index in [9.17, 15) is 9.59 Å². The molecule has 0 amide bonds. The lowest BCUT2D eigenvalue weighted by Gasteiger charge is -2.17. The van der Waals surface area contributed by atoms with Crippen LogP contribution in [0.15, 0.2) is 36.4 Å². The van der Waals surface area contributed by atoms with Crippen molar-refractivity contribution in [2.45, 2.75) is 64.6 Å². The molecule has 0 atom stereocenters. The van der Waals surface area contributed by atoms with E-state index in [0.717, 1.165) is 19.3 Å². The lowest BCUT2D eigenvalue weighted by Crippen LogP contribution is -2.22. The fourth-order valence-corrected chi connectivity index (χ4v) is 3.76. The van der Waals surface area contributed by atoms with E-state index in [1.165, 1.54) is 59.8 Å². The summed E-state index contributed by atoms with van der Waals surface area (Å²) in [6.45, 7) is 2.17. The molecule has 0 fully saturated rings. The van der Waals surface area contributed by atoms with Gasteiger partial charge in [-0.2, -0.15) is 0 Å². The van der Waals surface area contributed by atoms with Crippen LogP contribution in [0.5, 0.6) is 23.0 Å². The second kappa shape index (κ2) is 17.1. The number of carbonyl (C=O) groups is 2. The second-order valence-electron chi connectivity index (χ2n) is 8.36. The highest BCUT2D eigenvalue weighted by molar-refractivity contribution is 5.93. The summed E-state index contributed by atoms with van der Waals surface area (Å²) < 4.78 is 21.0. The summed E-state index contributed by atoms with van der Waals surface area (Å²) in [7, 11) is 5.74. The highest BCUT2D eigenvalue weighted by atomic mass is 17.3. The summed E-state index contributed by atoms with van der Waals surface area (Å²) >= 11 is 0. The lowest BCUT2D eigenvalue weighted by atomic mass is 10.1. The van der Waals surface area contributed by atoms with Crippen LogP contribution in [0.3, 0.4) is 0 Å². The molecule has 0 saturated heterocycles. The van der Waals surface area contributed by atoms with Crippen molar-refractivity contribution in [3.05, 3.63) is 47.5 Å². The van der Waals surface area contributed by atoms with Crippen LogP contribution in [-0.4, -0.2) is 46.7 Å². The smallest absolute Gasteiger partial charge is 0.377 e. The van der Waals surface area contributed by atoms with E-state index in [2.05, 4.69) is 6.92 Å². The van der Waals surface area contributed by atoms with Crippen molar-refractivity contribution < 1.29 is 48.1 Å². The van der Waals surface area contributed by atoms with Crippen LogP contribution in [0.25, 0.3) is 0 Å². The maximum Gasteiger partial charge on any atom is 0.377 e. The van der Waals surface area contributed by atoms with Gasteiger partial charge in [-0.1, -0.05) is 57.6 Å². The van der Waals surface area contributed by atoms with Crippen LogP contribution >= 0.6 is 0 Å². The summed E-state index contributed by atoms with van der Waals surface area (Å²) in [5.41, 5.74) is 0.194. The molecule has 0 aliphatic heterocycles. The zero-order valence-corrected chi connectivity index (χ0v) is 22.8. The normalized spacial score (nSPS) is 10.7. The average Bonchev–Trinajstić information content (AvgIpc) is 2.95. The first kappa shape index (κ1) is 30.7. The molecule has 10 nitrogen and oxygen atoms in total. The predicted molar refractivity (Wildman–Crippen MR) is 138 cm³/mol. The van der Waals surface area contributed by atoms with Crippen LogP contribution < -0.4 is 18.9 Å². The molecular weight excluding hydrogens is 496 g/mol. The molecule has 10 heteroatoms. The van der Waals surface area contributed by atoms with Gasteiger partial charge in [-0.3, -0.25) is 9.78 Å². The summed E-state index contributed by atoms with van der Waals surface area (Å²) in [4.78, 5) is 46.0. The van der Waals surface area contributed by atoms with E-state index >= 15 is 0 Å². The van der Waals surface area contributed by atoms with Gasteiger partial charge in [0.25, 0.3) is 0 Å². The van der Waals surface area contributed by atoms with Crippen molar-refractivity contribution in [1.29, 1.82) is 0 Å². The van der Waals surface area contributed by atoms with E-state index in [4.69, 9.17) is 38.5 Å². The fourth-order valence-electron chi connectivity index (χ4n) is 3.76. The van der Waals surface area contributed by atoms with Crippen molar-refractivity contribution in [2.75, 3.05) is 28.4 Å². The molecule has 0 radical (unpaired) electrons. The monoisotopic (exact) mass is 534 g/mol. The topological polar surface area (TPSA) is 108 Å². The van der Waals surface area contributed by atoms with Crippen LogP contribution in [0.1, 0.15) is 79.0 Å². The molecule has 2 aromatic carbocycles. The Kier molecular flexibility index (Phi) is 13.8. The van der Waals surface area contributed by atoms with Crippen molar-refractivity contribution in [1.82, 2.24) is 0 Å². The minimum atomic E-state index is -1.16. The molecule has 0 saturated carbocycles. The van der Waals surface area contributed by atoms with Gasteiger partial charge in [-0.25, -0.2) is 9.59 Å². The van der Waals surface area contributed by atoms with Gasteiger partial charge >= 0.3 is 11.9 Å². The molecule has 0 bridgehead atoms. The minimum Gasteiger partial charge on any atom is -0.493 e. The zero-order valence-electron chi connectivity index (χ0n) is 22.8. The van der Waals surface area contributed by atoms with Gasteiger partial charge in [-0.15, -0.1) is 9.78 Å². The predicted octanol–water partition coefficient (Wildman–Crippen LogP) is 6.06. The number of unbranched alkanes of at least 4 members (excludes halogenated alkanes) is 6. The quantitative estimate of drug-likeness (QED) is 0.0968. The van der Waals surface area contributed by atoms with Crippen LogP contribution in [0.4, 0.5) is 0 Å². The minimum absolute atomic E-state index is 0.0969. The Labute approximate surface area is 223 Å². The molecule has 0 N–H and O–H groups in total. The Bertz CT molecular complexity index is 936. The number of carbonyl (C=O) groups excluding carboxylic acids is 2. The van der Waals surface area contributed by atoms with Gasteiger partial charge in [0.2, 0.25) is 6.29 Å².